The van der Waals surface area contributed by atoms with E-state index in [2.05, 4.69) is 4.98 Å². The smallest absolute Gasteiger partial charge is 0.0944 e. The SMILES string of the molecule is CC(N)C(O)c1cccc2[nH]ccc12. The molecule has 0 radical (unpaired) electrons. The van der Waals surface area contributed by atoms with Crippen LogP contribution in [-0.4, -0.2) is 16.1 Å². The van der Waals surface area contributed by atoms with E-state index in [1.165, 1.54) is 0 Å². The van der Waals surface area contributed by atoms with E-state index < -0.39 is 6.10 Å². The summed E-state index contributed by atoms with van der Waals surface area (Å²) >= 11 is 0. The number of aromatic amines is 1. The molecule has 0 saturated carbocycles. The van der Waals surface area contributed by atoms with E-state index in [0.717, 1.165) is 16.5 Å². The van der Waals surface area contributed by atoms with Crippen LogP contribution in [0.15, 0.2) is 30.5 Å². The standard InChI is InChI=1S/C11H14N2O/c1-7(12)11(14)9-3-2-4-10-8(9)5-6-13-10/h2-7,11,13-14H,12H2,1H3. The molecule has 0 aliphatic heterocycles. The molecule has 1 aromatic heterocycles. The number of nitrogens with one attached hydrogen (secondary N) is 1. The Kier molecular flexibility index (Phi) is 2.27. The monoisotopic (exact) mass is 190 g/mol. The minimum atomic E-state index is -0.602. The van der Waals surface area contributed by atoms with Gasteiger partial charge < -0.3 is 15.8 Å². The quantitative estimate of drug-likeness (QED) is 0.672. The Morgan fingerprint density at radius 3 is 2.86 bits per heavy atom. The first kappa shape index (κ1) is 9.24. The van der Waals surface area contributed by atoms with Crippen molar-refractivity contribution in [1.29, 1.82) is 0 Å². The summed E-state index contributed by atoms with van der Waals surface area (Å²) in [5.41, 5.74) is 7.59. The molecular weight excluding hydrogens is 176 g/mol. The van der Waals surface area contributed by atoms with Crippen LogP contribution in [0.25, 0.3) is 10.9 Å². The largest absolute Gasteiger partial charge is 0.387 e. The summed E-state index contributed by atoms with van der Waals surface area (Å²) in [6, 6.07) is 7.50. The minimum Gasteiger partial charge on any atom is -0.387 e. The molecule has 2 unspecified atom stereocenters. The number of benzene rings is 1. The maximum absolute atomic E-state index is 9.88. The molecule has 0 bridgehead atoms. The second-order valence-corrected chi connectivity index (χ2v) is 3.59. The molecule has 4 N–H and O–H groups in total. The van der Waals surface area contributed by atoms with Crippen LogP contribution >= 0.6 is 0 Å². The van der Waals surface area contributed by atoms with E-state index >= 15 is 0 Å². The normalized spacial score (nSPS) is 15.6. The molecule has 0 amide bonds. The van der Waals surface area contributed by atoms with Gasteiger partial charge in [-0.3, -0.25) is 0 Å². The van der Waals surface area contributed by atoms with Crippen molar-refractivity contribution in [2.45, 2.75) is 19.1 Å². The van der Waals surface area contributed by atoms with Gasteiger partial charge >= 0.3 is 0 Å². The number of rotatable bonds is 2. The average molecular weight is 190 g/mol. The second kappa shape index (κ2) is 3.44. The third-order valence-electron chi connectivity index (χ3n) is 2.45. The molecule has 2 aromatic rings. The van der Waals surface area contributed by atoms with Crippen LogP contribution in [0.2, 0.25) is 0 Å². The lowest BCUT2D eigenvalue weighted by Crippen LogP contribution is -2.24. The van der Waals surface area contributed by atoms with Gasteiger partial charge in [0.1, 0.15) is 0 Å². The summed E-state index contributed by atoms with van der Waals surface area (Å²) in [7, 11) is 0. The van der Waals surface area contributed by atoms with Gasteiger partial charge in [0.15, 0.2) is 0 Å². The van der Waals surface area contributed by atoms with Crippen molar-refractivity contribution in [3.63, 3.8) is 0 Å². The van der Waals surface area contributed by atoms with Gasteiger partial charge in [-0.2, -0.15) is 0 Å². The first-order valence-electron chi connectivity index (χ1n) is 4.70. The maximum atomic E-state index is 9.88. The van der Waals surface area contributed by atoms with Crippen LogP contribution in [0.4, 0.5) is 0 Å². The van der Waals surface area contributed by atoms with Crippen LogP contribution in [0.3, 0.4) is 0 Å². The number of H-pyrrole nitrogens is 1. The summed E-state index contributed by atoms with van der Waals surface area (Å²) in [6.07, 6.45) is 1.26. The number of hydrogen-bond donors (Lipinski definition) is 3. The Labute approximate surface area is 82.6 Å². The molecule has 0 spiro atoms. The lowest BCUT2D eigenvalue weighted by molar-refractivity contribution is 0.155. The summed E-state index contributed by atoms with van der Waals surface area (Å²) < 4.78 is 0. The van der Waals surface area contributed by atoms with Gasteiger partial charge in [-0.1, -0.05) is 12.1 Å². The molecule has 0 aliphatic rings. The molecular formula is C11H14N2O. The predicted octanol–water partition coefficient (Wildman–Crippen LogP) is 1.55. The van der Waals surface area contributed by atoms with Gasteiger partial charge in [0.25, 0.3) is 0 Å². The zero-order valence-corrected chi connectivity index (χ0v) is 8.07. The molecule has 74 valence electrons. The summed E-state index contributed by atoms with van der Waals surface area (Å²) in [4.78, 5) is 3.10. The van der Waals surface area contributed by atoms with Crippen molar-refractivity contribution in [2.24, 2.45) is 5.73 Å². The fourth-order valence-corrected chi connectivity index (χ4v) is 1.65. The molecule has 3 heteroatoms. The van der Waals surface area contributed by atoms with Crippen molar-refractivity contribution < 1.29 is 5.11 Å². The molecule has 0 saturated heterocycles. The highest BCUT2D eigenvalue weighted by Gasteiger charge is 2.14. The molecule has 2 atom stereocenters. The van der Waals surface area contributed by atoms with Crippen molar-refractivity contribution in [2.75, 3.05) is 0 Å². The topological polar surface area (TPSA) is 62.0 Å². The Balaban J connectivity index is 2.56. The fourth-order valence-electron chi connectivity index (χ4n) is 1.65. The highest BCUT2D eigenvalue weighted by molar-refractivity contribution is 5.83. The van der Waals surface area contributed by atoms with Crippen molar-refractivity contribution in [3.05, 3.63) is 36.0 Å². The third-order valence-corrected chi connectivity index (χ3v) is 2.45. The number of aromatic nitrogens is 1. The van der Waals surface area contributed by atoms with E-state index in [1.807, 2.05) is 30.5 Å². The van der Waals surface area contributed by atoms with E-state index in [-0.39, 0.29) is 6.04 Å². The molecule has 1 aromatic carbocycles. The van der Waals surface area contributed by atoms with E-state index in [0.29, 0.717) is 0 Å². The minimum absolute atomic E-state index is 0.254. The lowest BCUT2D eigenvalue weighted by Gasteiger charge is -2.15. The highest BCUT2D eigenvalue weighted by Crippen LogP contribution is 2.24. The molecule has 1 heterocycles. The Bertz CT molecular complexity index is 434. The van der Waals surface area contributed by atoms with Crippen LogP contribution in [0, 0.1) is 0 Å². The van der Waals surface area contributed by atoms with Gasteiger partial charge in [-0.25, -0.2) is 0 Å². The van der Waals surface area contributed by atoms with E-state index in [1.54, 1.807) is 6.92 Å². The van der Waals surface area contributed by atoms with Gasteiger partial charge in [-0.05, 0) is 24.6 Å². The number of fused-ring (bicyclic) bond motifs is 1. The van der Waals surface area contributed by atoms with Crippen molar-refractivity contribution in [3.8, 4) is 0 Å². The van der Waals surface area contributed by atoms with Gasteiger partial charge in [-0.15, -0.1) is 0 Å². The Hall–Kier alpha value is -1.32. The zero-order chi connectivity index (χ0) is 10.1. The molecule has 3 nitrogen and oxygen atoms in total. The zero-order valence-electron chi connectivity index (χ0n) is 8.07. The van der Waals surface area contributed by atoms with Crippen LogP contribution in [-0.2, 0) is 0 Å². The molecule has 2 rings (SSSR count). The summed E-state index contributed by atoms with van der Waals surface area (Å²) in [6.45, 7) is 1.80. The number of aliphatic hydroxyl groups is 1. The van der Waals surface area contributed by atoms with E-state index in [9.17, 15) is 5.11 Å². The summed E-state index contributed by atoms with van der Waals surface area (Å²) in [5, 5.41) is 10.9. The fraction of sp³-hybridized carbons (Fsp3) is 0.273. The molecule has 0 aliphatic carbocycles. The first-order chi connectivity index (χ1) is 6.70. The van der Waals surface area contributed by atoms with Gasteiger partial charge in [0.05, 0.1) is 6.10 Å². The van der Waals surface area contributed by atoms with Crippen LogP contribution in [0.5, 0.6) is 0 Å². The summed E-state index contributed by atoms with van der Waals surface area (Å²) in [5.74, 6) is 0. The number of nitrogens with two attached hydrogens (primary N) is 1. The number of hydrogen-bond acceptors (Lipinski definition) is 2. The van der Waals surface area contributed by atoms with Gasteiger partial charge in [0, 0.05) is 23.1 Å². The average Bonchev–Trinajstić information content (AvgIpc) is 2.63. The molecule has 14 heavy (non-hydrogen) atoms. The Morgan fingerprint density at radius 1 is 1.36 bits per heavy atom. The lowest BCUT2D eigenvalue weighted by atomic mass is 10.0. The van der Waals surface area contributed by atoms with Crippen LogP contribution in [0.1, 0.15) is 18.6 Å². The highest BCUT2D eigenvalue weighted by atomic mass is 16.3. The number of aliphatic hydroxyl groups excluding tert-OH is 1. The van der Waals surface area contributed by atoms with Gasteiger partial charge in [0.2, 0.25) is 0 Å². The Morgan fingerprint density at radius 2 is 2.14 bits per heavy atom. The first-order valence-corrected chi connectivity index (χ1v) is 4.70. The van der Waals surface area contributed by atoms with Crippen molar-refractivity contribution >= 4 is 10.9 Å². The van der Waals surface area contributed by atoms with Crippen molar-refractivity contribution in [1.82, 2.24) is 4.98 Å². The molecule has 0 fully saturated rings. The van der Waals surface area contributed by atoms with E-state index in [4.69, 9.17) is 5.73 Å². The second-order valence-electron chi connectivity index (χ2n) is 3.59. The van der Waals surface area contributed by atoms with Crippen LogP contribution < -0.4 is 5.73 Å². The maximum Gasteiger partial charge on any atom is 0.0944 e. The third kappa shape index (κ3) is 1.41. The predicted molar refractivity (Wildman–Crippen MR) is 56.9 cm³/mol.